The van der Waals surface area contributed by atoms with Crippen molar-refractivity contribution in [1.29, 1.82) is 0 Å². The highest BCUT2D eigenvalue weighted by Gasteiger charge is 2.15. The molecule has 1 aliphatic rings. The third-order valence-corrected chi connectivity index (χ3v) is 6.30. The predicted molar refractivity (Wildman–Crippen MR) is 143 cm³/mol. The Hall–Kier alpha value is -2.14. The van der Waals surface area contributed by atoms with Crippen LogP contribution in [-0.2, 0) is 19.5 Å². The summed E-state index contributed by atoms with van der Waals surface area (Å²) in [6, 6.07) is 10.4. The van der Waals surface area contributed by atoms with E-state index in [1.807, 2.05) is 23.1 Å². The number of benzene rings is 1. The first-order chi connectivity index (χ1) is 15.3. The van der Waals surface area contributed by atoms with Crippen LogP contribution >= 0.6 is 35.3 Å². The maximum Gasteiger partial charge on any atom is 0.191 e. The fraction of sp³-hybridized carbons (Fsp3) is 0.435. The zero-order valence-electron chi connectivity index (χ0n) is 18.5. The predicted octanol–water partition coefficient (Wildman–Crippen LogP) is 3.90. The highest BCUT2D eigenvalue weighted by molar-refractivity contribution is 14.0. The van der Waals surface area contributed by atoms with Crippen LogP contribution in [0.4, 0.5) is 5.13 Å². The molecule has 1 saturated heterocycles. The van der Waals surface area contributed by atoms with Gasteiger partial charge in [-0.3, -0.25) is 4.68 Å². The van der Waals surface area contributed by atoms with Crippen molar-refractivity contribution in [2.45, 2.75) is 39.3 Å². The summed E-state index contributed by atoms with van der Waals surface area (Å²) in [5, 5.41) is 14.5. The van der Waals surface area contributed by atoms with Crippen molar-refractivity contribution in [3.63, 3.8) is 0 Å². The molecule has 3 aromatic rings. The van der Waals surface area contributed by atoms with Gasteiger partial charge in [-0.1, -0.05) is 24.3 Å². The van der Waals surface area contributed by atoms with Crippen LogP contribution in [0.2, 0.25) is 0 Å². The maximum atomic E-state index is 4.81. The summed E-state index contributed by atoms with van der Waals surface area (Å²) in [5.41, 5.74) is 3.60. The summed E-state index contributed by atoms with van der Waals surface area (Å²) in [5.74, 6) is 0.839. The molecule has 7 nitrogen and oxygen atoms in total. The zero-order valence-corrected chi connectivity index (χ0v) is 21.7. The Balaban J connectivity index is 0.00000289. The van der Waals surface area contributed by atoms with Crippen LogP contribution in [0.3, 0.4) is 0 Å². The van der Waals surface area contributed by atoms with Gasteiger partial charge in [-0.25, -0.2) is 9.98 Å². The normalized spacial score (nSPS) is 13.8. The van der Waals surface area contributed by atoms with Gasteiger partial charge in [0.05, 0.1) is 18.8 Å². The highest BCUT2D eigenvalue weighted by Crippen LogP contribution is 2.24. The van der Waals surface area contributed by atoms with E-state index >= 15 is 0 Å². The molecule has 2 aromatic heterocycles. The molecule has 2 N–H and O–H groups in total. The number of nitrogens with one attached hydrogen (secondary N) is 2. The number of guanidine groups is 1. The van der Waals surface area contributed by atoms with Gasteiger partial charge in [0, 0.05) is 50.4 Å². The molecule has 3 heterocycles. The molecule has 4 rings (SSSR count). The van der Waals surface area contributed by atoms with E-state index in [9.17, 15) is 0 Å². The summed E-state index contributed by atoms with van der Waals surface area (Å²) >= 11 is 1.76. The van der Waals surface area contributed by atoms with Crippen LogP contribution in [0.5, 0.6) is 0 Å². The van der Waals surface area contributed by atoms with Crippen molar-refractivity contribution in [3.8, 4) is 0 Å². The first-order valence-electron chi connectivity index (χ1n) is 11.1. The van der Waals surface area contributed by atoms with E-state index in [1.54, 1.807) is 11.3 Å². The Morgan fingerprint density at radius 1 is 1.12 bits per heavy atom. The molecule has 0 bridgehead atoms. The summed E-state index contributed by atoms with van der Waals surface area (Å²) in [6.07, 6.45) is 7.25. The third kappa shape index (κ3) is 6.93. The van der Waals surface area contributed by atoms with Gasteiger partial charge in [-0.2, -0.15) is 5.10 Å². The Morgan fingerprint density at radius 3 is 2.69 bits per heavy atom. The lowest BCUT2D eigenvalue weighted by molar-refractivity contribution is 0.680. The molecule has 1 aromatic carbocycles. The molecular formula is C23H32IN7S. The minimum Gasteiger partial charge on any atom is -0.357 e. The van der Waals surface area contributed by atoms with E-state index in [-0.39, 0.29) is 24.0 Å². The Labute approximate surface area is 211 Å². The van der Waals surface area contributed by atoms with E-state index in [4.69, 9.17) is 9.98 Å². The van der Waals surface area contributed by atoms with Crippen LogP contribution in [-0.4, -0.2) is 46.9 Å². The lowest BCUT2D eigenvalue weighted by atomic mass is 10.1. The molecule has 9 heteroatoms. The molecule has 0 unspecified atom stereocenters. The Kier molecular flexibility index (Phi) is 9.79. The number of thiazole rings is 1. The smallest absolute Gasteiger partial charge is 0.191 e. The van der Waals surface area contributed by atoms with Gasteiger partial charge in [0.2, 0.25) is 0 Å². The van der Waals surface area contributed by atoms with Crippen molar-refractivity contribution < 1.29 is 0 Å². The van der Waals surface area contributed by atoms with Gasteiger partial charge >= 0.3 is 0 Å². The lowest BCUT2D eigenvalue weighted by Gasteiger charge is -2.13. The quantitative estimate of drug-likeness (QED) is 0.234. The molecule has 172 valence electrons. The molecule has 0 spiro atoms. The van der Waals surface area contributed by atoms with Gasteiger partial charge in [-0.15, -0.1) is 35.3 Å². The van der Waals surface area contributed by atoms with Gasteiger partial charge in [0.1, 0.15) is 0 Å². The molecule has 1 aliphatic heterocycles. The second-order valence-electron chi connectivity index (χ2n) is 7.66. The van der Waals surface area contributed by atoms with E-state index in [2.05, 4.69) is 57.2 Å². The van der Waals surface area contributed by atoms with Crippen molar-refractivity contribution in [2.24, 2.45) is 4.99 Å². The summed E-state index contributed by atoms with van der Waals surface area (Å²) in [6.45, 7) is 7.40. The number of hydrogen-bond acceptors (Lipinski definition) is 5. The molecule has 0 radical (unpaired) electrons. The average molecular weight is 566 g/mol. The van der Waals surface area contributed by atoms with Crippen molar-refractivity contribution >= 4 is 46.4 Å². The number of anilines is 1. The summed E-state index contributed by atoms with van der Waals surface area (Å²) in [7, 11) is 0. The molecule has 0 atom stereocenters. The van der Waals surface area contributed by atoms with Crippen LogP contribution in [0, 0.1) is 0 Å². The standard InChI is InChI=1S/C23H31N7S.HI/c1-2-24-22(25-12-10-21-18-31-23(28-21)29-13-5-6-14-29)26-16-19-8-3-4-9-20(19)17-30-15-7-11-27-30;/h3-4,7-9,11,15,18H,2,5-6,10,12-14,16-17H2,1H3,(H2,24,25,26);1H. The van der Waals surface area contributed by atoms with Crippen LogP contribution in [0.1, 0.15) is 36.6 Å². The minimum absolute atomic E-state index is 0. The largest absolute Gasteiger partial charge is 0.357 e. The monoisotopic (exact) mass is 565 g/mol. The van der Waals surface area contributed by atoms with Crippen molar-refractivity contribution in [1.82, 2.24) is 25.4 Å². The van der Waals surface area contributed by atoms with Gasteiger partial charge in [0.15, 0.2) is 11.1 Å². The number of rotatable bonds is 9. The van der Waals surface area contributed by atoms with Gasteiger partial charge in [-0.05, 0) is 37.0 Å². The first-order valence-corrected chi connectivity index (χ1v) is 12.0. The SMILES string of the molecule is CCNC(=NCc1ccccc1Cn1cccn1)NCCc1csc(N2CCCC2)n1.I. The van der Waals surface area contributed by atoms with Crippen LogP contribution in [0.15, 0.2) is 53.1 Å². The molecule has 0 amide bonds. The Bertz CT molecular complexity index is 964. The highest BCUT2D eigenvalue weighted by atomic mass is 127. The second-order valence-corrected chi connectivity index (χ2v) is 8.50. The Morgan fingerprint density at radius 2 is 1.94 bits per heavy atom. The maximum absolute atomic E-state index is 4.81. The van der Waals surface area contributed by atoms with E-state index in [0.717, 1.165) is 50.8 Å². The molecule has 0 saturated carbocycles. The number of halogens is 1. The van der Waals surface area contributed by atoms with E-state index in [0.29, 0.717) is 6.54 Å². The molecule has 1 fully saturated rings. The number of hydrogen-bond donors (Lipinski definition) is 2. The van der Waals surface area contributed by atoms with E-state index in [1.165, 1.54) is 29.1 Å². The van der Waals surface area contributed by atoms with Crippen LogP contribution < -0.4 is 15.5 Å². The zero-order chi connectivity index (χ0) is 21.3. The van der Waals surface area contributed by atoms with Crippen LogP contribution in [0.25, 0.3) is 0 Å². The van der Waals surface area contributed by atoms with Gasteiger partial charge < -0.3 is 15.5 Å². The second kappa shape index (κ2) is 12.8. The number of nitrogens with zero attached hydrogens (tertiary/aromatic N) is 5. The first kappa shape index (κ1) is 24.5. The van der Waals surface area contributed by atoms with Crippen molar-refractivity contribution in [3.05, 3.63) is 64.9 Å². The number of aliphatic imine (C=N–C) groups is 1. The van der Waals surface area contributed by atoms with E-state index < -0.39 is 0 Å². The average Bonchev–Trinajstić information content (AvgIpc) is 3.55. The van der Waals surface area contributed by atoms with Gasteiger partial charge in [0.25, 0.3) is 0 Å². The minimum atomic E-state index is 0. The lowest BCUT2D eigenvalue weighted by Crippen LogP contribution is -2.38. The molecular weight excluding hydrogens is 533 g/mol. The topological polar surface area (TPSA) is 70.4 Å². The fourth-order valence-corrected chi connectivity index (χ4v) is 4.63. The van der Waals surface area contributed by atoms with Crippen molar-refractivity contribution in [2.75, 3.05) is 31.1 Å². The molecule has 0 aliphatic carbocycles. The third-order valence-electron chi connectivity index (χ3n) is 5.35. The molecule has 32 heavy (non-hydrogen) atoms. The number of aromatic nitrogens is 3. The summed E-state index contributed by atoms with van der Waals surface area (Å²) < 4.78 is 1.94. The fourth-order valence-electron chi connectivity index (χ4n) is 3.71. The summed E-state index contributed by atoms with van der Waals surface area (Å²) in [4.78, 5) is 12.0.